The third kappa shape index (κ3) is 4.52. The molecule has 1 aliphatic rings. The van der Waals surface area contributed by atoms with Crippen LogP contribution in [0.3, 0.4) is 0 Å². The molecule has 0 aromatic rings. The van der Waals surface area contributed by atoms with Crippen LogP contribution in [0.5, 0.6) is 0 Å². The summed E-state index contributed by atoms with van der Waals surface area (Å²) in [4.78, 5) is 11.3. The number of rotatable bonds is 5. The monoisotopic (exact) mass is 227 g/mol. The molecule has 1 rings (SSSR count). The predicted octanol–water partition coefficient (Wildman–Crippen LogP) is 2.35. The molecule has 2 unspecified atom stereocenters. The number of nitrogens with one attached hydrogen (secondary N) is 1. The van der Waals surface area contributed by atoms with Crippen molar-refractivity contribution in [3.63, 3.8) is 0 Å². The van der Waals surface area contributed by atoms with E-state index >= 15 is 0 Å². The van der Waals surface area contributed by atoms with E-state index in [-0.39, 0.29) is 11.8 Å². The lowest BCUT2D eigenvalue weighted by Gasteiger charge is -2.28. The summed E-state index contributed by atoms with van der Waals surface area (Å²) >= 11 is 0. The second kappa shape index (κ2) is 6.89. The highest BCUT2D eigenvalue weighted by Gasteiger charge is 2.21. The van der Waals surface area contributed by atoms with Gasteiger partial charge in [-0.1, -0.05) is 33.6 Å². The fourth-order valence-corrected chi connectivity index (χ4v) is 2.12. The van der Waals surface area contributed by atoms with E-state index in [1.807, 2.05) is 13.8 Å². The van der Waals surface area contributed by atoms with Gasteiger partial charge in [-0.25, -0.2) is 0 Å². The van der Waals surface area contributed by atoms with Crippen molar-refractivity contribution in [1.29, 1.82) is 0 Å². The van der Waals surface area contributed by atoms with Crippen LogP contribution in [0, 0.1) is 11.8 Å². The van der Waals surface area contributed by atoms with E-state index < -0.39 is 0 Å². The lowest BCUT2D eigenvalue weighted by molar-refractivity contribution is -0.124. The summed E-state index contributed by atoms with van der Waals surface area (Å²) in [6.07, 6.45) is 5.49. The predicted molar refractivity (Wildman–Crippen MR) is 65.2 cm³/mol. The maximum atomic E-state index is 11.3. The van der Waals surface area contributed by atoms with Crippen LogP contribution in [0.15, 0.2) is 0 Å². The Hall–Kier alpha value is -0.570. The summed E-state index contributed by atoms with van der Waals surface area (Å²) in [5, 5.41) is 2.87. The second-order valence-corrected chi connectivity index (χ2v) is 5.12. The van der Waals surface area contributed by atoms with E-state index in [9.17, 15) is 4.79 Å². The molecule has 3 heteroatoms. The first kappa shape index (κ1) is 13.5. The number of hydrogen-bond donors (Lipinski definition) is 1. The molecule has 1 fully saturated rings. The molecule has 1 saturated carbocycles. The molecule has 1 aliphatic carbocycles. The van der Waals surface area contributed by atoms with E-state index in [0.29, 0.717) is 25.2 Å². The smallest absolute Gasteiger partial charge is 0.222 e. The maximum absolute atomic E-state index is 11.3. The van der Waals surface area contributed by atoms with Crippen LogP contribution in [0.4, 0.5) is 0 Å². The molecule has 0 aromatic carbocycles. The third-order valence-corrected chi connectivity index (χ3v) is 3.29. The van der Waals surface area contributed by atoms with Crippen LogP contribution in [0.2, 0.25) is 0 Å². The quantitative estimate of drug-likeness (QED) is 0.732. The van der Waals surface area contributed by atoms with Crippen LogP contribution < -0.4 is 5.32 Å². The molecule has 0 saturated heterocycles. The van der Waals surface area contributed by atoms with Gasteiger partial charge >= 0.3 is 0 Å². The van der Waals surface area contributed by atoms with Gasteiger partial charge in [0.05, 0.1) is 12.7 Å². The van der Waals surface area contributed by atoms with Gasteiger partial charge in [-0.15, -0.1) is 0 Å². The normalized spacial score (nSPS) is 25.8. The first-order chi connectivity index (χ1) is 7.61. The summed E-state index contributed by atoms with van der Waals surface area (Å²) in [5.41, 5.74) is 0. The standard InChI is InChI=1S/C13H25NO2/c1-10(2)13(15)14-8-9-16-12-7-5-4-6-11(12)3/h10-12H,4-9H2,1-3H3,(H,14,15). The van der Waals surface area contributed by atoms with E-state index in [1.165, 1.54) is 25.7 Å². The molecule has 0 aromatic heterocycles. The molecule has 0 heterocycles. The molecule has 1 amide bonds. The number of carbonyl (C=O) groups is 1. The molecule has 0 spiro atoms. The Morgan fingerprint density at radius 1 is 1.38 bits per heavy atom. The van der Waals surface area contributed by atoms with Gasteiger partial charge in [0.25, 0.3) is 0 Å². The molecule has 3 nitrogen and oxygen atoms in total. The Morgan fingerprint density at radius 3 is 2.69 bits per heavy atom. The van der Waals surface area contributed by atoms with E-state index in [2.05, 4.69) is 12.2 Å². The van der Waals surface area contributed by atoms with Gasteiger partial charge in [-0.3, -0.25) is 4.79 Å². The molecule has 94 valence electrons. The lowest BCUT2D eigenvalue weighted by atomic mass is 9.88. The van der Waals surface area contributed by atoms with Crippen molar-refractivity contribution in [2.24, 2.45) is 11.8 Å². The Bertz CT molecular complexity index is 216. The first-order valence-electron chi connectivity index (χ1n) is 6.50. The zero-order chi connectivity index (χ0) is 12.0. The summed E-state index contributed by atoms with van der Waals surface area (Å²) in [6, 6.07) is 0. The summed E-state index contributed by atoms with van der Waals surface area (Å²) in [7, 11) is 0. The average Bonchev–Trinajstić information content (AvgIpc) is 2.26. The van der Waals surface area contributed by atoms with Crippen molar-refractivity contribution in [2.75, 3.05) is 13.2 Å². The zero-order valence-corrected chi connectivity index (χ0v) is 10.8. The Balaban J connectivity index is 2.08. The van der Waals surface area contributed by atoms with Gasteiger partial charge in [0, 0.05) is 12.5 Å². The van der Waals surface area contributed by atoms with Crippen molar-refractivity contribution in [3.8, 4) is 0 Å². The van der Waals surface area contributed by atoms with E-state index in [0.717, 1.165) is 0 Å². The van der Waals surface area contributed by atoms with Gasteiger partial charge in [-0.05, 0) is 18.8 Å². The van der Waals surface area contributed by atoms with Gasteiger partial charge in [0.2, 0.25) is 5.91 Å². The molecule has 0 bridgehead atoms. The Kier molecular flexibility index (Phi) is 5.81. The van der Waals surface area contributed by atoms with Crippen LogP contribution in [-0.2, 0) is 9.53 Å². The second-order valence-electron chi connectivity index (χ2n) is 5.12. The summed E-state index contributed by atoms with van der Waals surface area (Å²) in [6.45, 7) is 7.35. The first-order valence-corrected chi connectivity index (χ1v) is 6.50. The fourth-order valence-electron chi connectivity index (χ4n) is 2.12. The van der Waals surface area contributed by atoms with E-state index in [1.54, 1.807) is 0 Å². The van der Waals surface area contributed by atoms with Crippen LogP contribution in [-0.4, -0.2) is 25.2 Å². The van der Waals surface area contributed by atoms with Crippen LogP contribution in [0.1, 0.15) is 46.5 Å². The van der Waals surface area contributed by atoms with Gasteiger partial charge in [0.15, 0.2) is 0 Å². The molecule has 2 atom stereocenters. The van der Waals surface area contributed by atoms with Crippen LogP contribution in [0.25, 0.3) is 0 Å². The lowest BCUT2D eigenvalue weighted by Crippen LogP contribution is -2.33. The van der Waals surface area contributed by atoms with Crippen molar-refractivity contribution in [1.82, 2.24) is 5.32 Å². The molecular weight excluding hydrogens is 202 g/mol. The average molecular weight is 227 g/mol. The maximum Gasteiger partial charge on any atom is 0.222 e. The molecule has 1 N–H and O–H groups in total. The summed E-state index contributed by atoms with van der Waals surface area (Å²) in [5.74, 6) is 0.850. The van der Waals surface area contributed by atoms with Crippen molar-refractivity contribution < 1.29 is 9.53 Å². The highest BCUT2D eigenvalue weighted by molar-refractivity contribution is 5.77. The van der Waals surface area contributed by atoms with E-state index in [4.69, 9.17) is 4.74 Å². The SMILES string of the molecule is CC(C)C(=O)NCCOC1CCCCC1C. The third-order valence-electron chi connectivity index (χ3n) is 3.29. The number of hydrogen-bond acceptors (Lipinski definition) is 2. The highest BCUT2D eigenvalue weighted by Crippen LogP contribution is 2.25. The topological polar surface area (TPSA) is 38.3 Å². The molecule has 0 aliphatic heterocycles. The largest absolute Gasteiger partial charge is 0.376 e. The minimum atomic E-state index is 0.0635. The van der Waals surface area contributed by atoms with Gasteiger partial charge in [-0.2, -0.15) is 0 Å². The molecule has 16 heavy (non-hydrogen) atoms. The van der Waals surface area contributed by atoms with Crippen molar-refractivity contribution in [2.45, 2.75) is 52.6 Å². The van der Waals surface area contributed by atoms with Gasteiger partial charge < -0.3 is 10.1 Å². The van der Waals surface area contributed by atoms with Crippen molar-refractivity contribution in [3.05, 3.63) is 0 Å². The number of ether oxygens (including phenoxy) is 1. The Labute approximate surface area is 98.9 Å². The summed E-state index contributed by atoms with van der Waals surface area (Å²) < 4.78 is 5.81. The molecular formula is C13H25NO2. The Morgan fingerprint density at radius 2 is 2.06 bits per heavy atom. The number of amides is 1. The minimum absolute atomic E-state index is 0.0635. The minimum Gasteiger partial charge on any atom is -0.376 e. The number of carbonyl (C=O) groups excluding carboxylic acids is 1. The van der Waals surface area contributed by atoms with Crippen molar-refractivity contribution >= 4 is 5.91 Å². The van der Waals surface area contributed by atoms with Crippen LogP contribution >= 0.6 is 0 Å². The molecule has 0 radical (unpaired) electrons. The fraction of sp³-hybridized carbons (Fsp3) is 0.923. The van der Waals surface area contributed by atoms with Gasteiger partial charge in [0.1, 0.15) is 0 Å². The zero-order valence-electron chi connectivity index (χ0n) is 10.8. The highest BCUT2D eigenvalue weighted by atomic mass is 16.5.